The number of benzene rings is 1. The minimum atomic E-state index is -0.382. The van der Waals surface area contributed by atoms with Crippen molar-refractivity contribution in [1.29, 1.82) is 10.5 Å². The Kier molecular flexibility index (Phi) is 7.05. The van der Waals surface area contributed by atoms with Crippen molar-refractivity contribution in [1.82, 2.24) is 9.55 Å². The van der Waals surface area contributed by atoms with Gasteiger partial charge in [0.15, 0.2) is 0 Å². The van der Waals surface area contributed by atoms with Crippen LogP contribution in [0.3, 0.4) is 0 Å². The number of aryl methyl sites for hydroxylation is 1. The number of anilines is 2. The molecule has 2 heterocycles. The van der Waals surface area contributed by atoms with Gasteiger partial charge in [-0.2, -0.15) is 10.5 Å². The molecule has 2 fully saturated rings. The van der Waals surface area contributed by atoms with E-state index >= 15 is 0 Å². The molecule has 2 aliphatic rings. The van der Waals surface area contributed by atoms with E-state index in [1.165, 1.54) is 16.7 Å². The molecule has 2 aromatic heterocycles. The molecule has 0 saturated heterocycles. The zero-order valence-corrected chi connectivity index (χ0v) is 21.6. The predicted molar refractivity (Wildman–Crippen MR) is 143 cm³/mol. The van der Waals surface area contributed by atoms with E-state index in [9.17, 15) is 24.8 Å². The van der Waals surface area contributed by atoms with Crippen LogP contribution < -0.4 is 15.4 Å². The molecule has 0 radical (unpaired) electrons. The minimum Gasteiger partial charge on any atom is -0.393 e. The Morgan fingerprint density at radius 2 is 1.71 bits per heavy atom. The van der Waals surface area contributed by atoms with Crippen LogP contribution in [0, 0.1) is 34.4 Å². The van der Waals surface area contributed by atoms with Crippen LogP contribution in [0.5, 0.6) is 0 Å². The first-order valence-electron chi connectivity index (χ1n) is 13.1. The summed E-state index contributed by atoms with van der Waals surface area (Å²) >= 11 is 0. The maximum Gasteiger partial charge on any atom is 0.270 e. The van der Waals surface area contributed by atoms with Crippen LogP contribution in [0.4, 0.5) is 15.8 Å². The number of aromatic nitrogens is 2. The van der Waals surface area contributed by atoms with Crippen LogP contribution in [0.2, 0.25) is 0 Å². The van der Waals surface area contributed by atoms with Gasteiger partial charge in [-0.15, -0.1) is 0 Å². The van der Waals surface area contributed by atoms with Gasteiger partial charge in [0.05, 0.1) is 17.3 Å². The summed E-state index contributed by atoms with van der Waals surface area (Å²) < 4.78 is 15.0. The number of aliphatic hydroxyl groups is 1. The van der Waals surface area contributed by atoms with Gasteiger partial charge >= 0.3 is 0 Å². The molecule has 0 unspecified atom stereocenters. The number of nitriles is 2. The summed E-state index contributed by atoms with van der Waals surface area (Å²) in [5.74, 6) is 0.154. The Balaban J connectivity index is 1.41. The summed E-state index contributed by atoms with van der Waals surface area (Å²) in [6.45, 7) is 0.826. The number of pyridine rings is 2. The van der Waals surface area contributed by atoms with Gasteiger partial charge in [0.1, 0.15) is 34.7 Å². The lowest BCUT2D eigenvalue weighted by Crippen LogP contribution is -2.47. The highest BCUT2D eigenvalue weighted by molar-refractivity contribution is 5.92. The molecule has 0 atom stereocenters. The predicted octanol–water partition coefficient (Wildman–Crippen LogP) is 3.84. The lowest BCUT2D eigenvalue weighted by Gasteiger charge is -2.44. The van der Waals surface area contributed by atoms with Gasteiger partial charge in [0.25, 0.3) is 5.56 Å². The van der Waals surface area contributed by atoms with Crippen LogP contribution >= 0.6 is 0 Å². The van der Waals surface area contributed by atoms with Crippen LogP contribution in [-0.4, -0.2) is 46.4 Å². The first kappa shape index (κ1) is 25.7. The van der Waals surface area contributed by atoms with E-state index in [0.717, 1.165) is 50.8 Å². The van der Waals surface area contributed by atoms with Crippen molar-refractivity contribution < 1.29 is 9.50 Å². The number of hydrogen-bond acceptors (Lipinski definition) is 7. The third-order valence-corrected chi connectivity index (χ3v) is 8.27. The molecule has 38 heavy (non-hydrogen) atoms. The Morgan fingerprint density at radius 3 is 2.32 bits per heavy atom. The number of halogens is 1. The second kappa shape index (κ2) is 10.4. The van der Waals surface area contributed by atoms with Gasteiger partial charge < -0.3 is 19.5 Å². The van der Waals surface area contributed by atoms with Crippen LogP contribution in [-0.2, 0) is 7.05 Å². The summed E-state index contributed by atoms with van der Waals surface area (Å²) in [4.78, 5) is 21.9. The molecule has 196 valence electrons. The van der Waals surface area contributed by atoms with Gasteiger partial charge in [-0.3, -0.25) is 4.79 Å². The lowest BCUT2D eigenvalue weighted by atomic mass is 9.81. The Bertz CT molecular complexity index is 1470. The van der Waals surface area contributed by atoms with Crippen molar-refractivity contribution in [2.75, 3.05) is 23.4 Å². The fourth-order valence-corrected chi connectivity index (χ4v) is 6.07. The van der Waals surface area contributed by atoms with Crippen LogP contribution in [0.25, 0.3) is 11.0 Å². The van der Waals surface area contributed by atoms with Crippen LogP contribution in [0.1, 0.15) is 49.8 Å². The van der Waals surface area contributed by atoms with E-state index < -0.39 is 0 Å². The summed E-state index contributed by atoms with van der Waals surface area (Å²) in [5.41, 5.74) is 2.40. The fraction of sp³-hybridized carbons (Fsp3) is 0.448. The topological polar surface area (TPSA) is 109 Å². The lowest BCUT2D eigenvalue weighted by molar-refractivity contribution is 0.0448. The molecule has 0 spiro atoms. The fourth-order valence-electron chi connectivity index (χ4n) is 6.07. The molecule has 9 heteroatoms. The average Bonchev–Trinajstić information content (AvgIpc) is 2.92. The second-order valence-corrected chi connectivity index (χ2v) is 10.6. The van der Waals surface area contributed by atoms with Crippen molar-refractivity contribution in [3.63, 3.8) is 0 Å². The Labute approximate surface area is 221 Å². The molecule has 0 bridgehead atoms. The molecule has 5 rings (SSSR count). The number of aliphatic hydroxyl groups excluding tert-OH is 1. The van der Waals surface area contributed by atoms with E-state index in [2.05, 4.69) is 22.0 Å². The zero-order chi connectivity index (χ0) is 27.0. The minimum absolute atomic E-state index is 0.0312. The van der Waals surface area contributed by atoms with E-state index in [4.69, 9.17) is 0 Å². The summed E-state index contributed by atoms with van der Waals surface area (Å²) in [7, 11) is 3.51. The van der Waals surface area contributed by atoms with Gasteiger partial charge in [0, 0.05) is 38.4 Å². The molecule has 0 amide bonds. The van der Waals surface area contributed by atoms with Gasteiger partial charge in [-0.05, 0) is 80.8 Å². The summed E-state index contributed by atoms with van der Waals surface area (Å²) in [5, 5.41) is 29.1. The molecule has 3 aromatic rings. The van der Waals surface area contributed by atoms with Crippen molar-refractivity contribution in [3.05, 3.63) is 63.8 Å². The van der Waals surface area contributed by atoms with E-state index in [1.54, 1.807) is 19.2 Å². The highest BCUT2D eigenvalue weighted by Gasteiger charge is 2.34. The molecule has 2 aliphatic carbocycles. The molecule has 1 aromatic carbocycles. The molecule has 2 saturated carbocycles. The second-order valence-electron chi connectivity index (χ2n) is 10.6. The van der Waals surface area contributed by atoms with Gasteiger partial charge in [0.2, 0.25) is 0 Å². The van der Waals surface area contributed by atoms with Crippen molar-refractivity contribution >= 4 is 22.4 Å². The normalized spacial score (nSPS) is 22.8. The highest BCUT2D eigenvalue weighted by Crippen LogP contribution is 2.37. The molecular formula is C29H31FN6O2. The smallest absolute Gasteiger partial charge is 0.270 e. The summed E-state index contributed by atoms with van der Waals surface area (Å²) in [6, 6.07) is 14.4. The maximum atomic E-state index is 13.6. The first-order valence-corrected chi connectivity index (χ1v) is 13.1. The van der Waals surface area contributed by atoms with E-state index in [1.807, 2.05) is 24.1 Å². The maximum absolute atomic E-state index is 13.6. The average molecular weight is 515 g/mol. The first-order chi connectivity index (χ1) is 18.3. The van der Waals surface area contributed by atoms with Crippen molar-refractivity contribution in [3.8, 4) is 12.1 Å². The third kappa shape index (κ3) is 4.70. The SMILES string of the molecule is Cn1c(=O)c(C#N)c(N(C)[C@H]2CC[C@@H](N(C[C@H]3C[C@H](O)C3)c3ccc(F)cc3)CC2)c2nc(C#N)ccc21. The van der Waals surface area contributed by atoms with Crippen LogP contribution in [0.15, 0.2) is 41.2 Å². The Morgan fingerprint density at radius 1 is 1.05 bits per heavy atom. The number of hydrogen-bond donors (Lipinski definition) is 1. The zero-order valence-electron chi connectivity index (χ0n) is 21.6. The van der Waals surface area contributed by atoms with Gasteiger partial charge in [-0.1, -0.05) is 0 Å². The van der Waals surface area contributed by atoms with E-state index in [0.29, 0.717) is 22.6 Å². The molecule has 8 nitrogen and oxygen atoms in total. The Hall–Kier alpha value is -3.95. The molecular weight excluding hydrogens is 483 g/mol. The standard InChI is InChI=1S/C29H31FN6O2/c1-34(28-25(16-32)29(38)35(2)26-12-5-20(15-31)33-27(26)28)21-8-10-23(11-9-21)36(17-18-13-24(37)14-18)22-6-3-19(30)4-7-22/h3-7,12,18,21,23-24,37H,8-11,13-14,17H2,1-2H3/t18-,21-,23+,24-. The quantitative estimate of drug-likeness (QED) is 0.532. The third-order valence-electron chi connectivity index (χ3n) is 8.27. The number of fused-ring (bicyclic) bond motifs is 1. The largest absolute Gasteiger partial charge is 0.393 e. The monoisotopic (exact) mass is 514 g/mol. The summed E-state index contributed by atoms with van der Waals surface area (Å²) in [6.07, 6.45) is 4.82. The van der Waals surface area contributed by atoms with Gasteiger partial charge in [-0.25, -0.2) is 9.37 Å². The van der Waals surface area contributed by atoms with Crippen molar-refractivity contribution in [2.45, 2.75) is 56.7 Å². The number of rotatable bonds is 6. The van der Waals surface area contributed by atoms with Crippen molar-refractivity contribution in [2.24, 2.45) is 13.0 Å². The number of nitrogens with zero attached hydrogens (tertiary/aromatic N) is 6. The van der Waals surface area contributed by atoms with E-state index in [-0.39, 0.29) is 40.8 Å². The molecule has 1 N–H and O–H groups in total. The molecule has 0 aliphatic heterocycles. The highest BCUT2D eigenvalue weighted by atomic mass is 19.1.